The molecule has 2 atom stereocenters. The van der Waals surface area contributed by atoms with Crippen molar-refractivity contribution in [3.63, 3.8) is 0 Å². The van der Waals surface area contributed by atoms with Crippen molar-refractivity contribution < 1.29 is 4.74 Å². The zero-order valence-electron chi connectivity index (χ0n) is 11.6. The van der Waals surface area contributed by atoms with Gasteiger partial charge in [0.15, 0.2) is 0 Å². The summed E-state index contributed by atoms with van der Waals surface area (Å²) >= 11 is 0. The quantitative estimate of drug-likeness (QED) is 0.863. The molecule has 1 N–H and O–H groups in total. The smallest absolute Gasteiger partial charge is 0.119 e. The molecule has 0 radical (unpaired) electrons. The number of ether oxygens (including phenoxy) is 1. The van der Waals surface area contributed by atoms with Gasteiger partial charge >= 0.3 is 0 Å². The van der Waals surface area contributed by atoms with Gasteiger partial charge < -0.3 is 15.0 Å². The summed E-state index contributed by atoms with van der Waals surface area (Å²) in [4.78, 5) is 2.37. The summed E-state index contributed by atoms with van der Waals surface area (Å²) in [7, 11) is 2.18. The maximum Gasteiger partial charge on any atom is 0.119 e. The monoisotopic (exact) mass is 248 g/mol. The molecule has 0 spiro atoms. The van der Waals surface area contributed by atoms with E-state index in [1.165, 1.54) is 18.5 Å². The molecule has 0 saturated carbocycles. The van der Waals surface area contributed by atoms with E-state index >= 15 is 0 Å². The van der Waals surface area contributed by atoms with Crippen LogP contribution in [0, 0.1) is 6.92 Å². The summed E-state index contributed by atoms with van der Waals surface area (Å²) < 4.78 is 5.78. The molecular weight excluding hydrogens is 224 g/mol. The zero-order valence-corrected chi connectivity index (χ0v) is 11.6. The fourth-order valence-corrected chi connectivity index (χ4v) is 2.38. The Labute approximate surface area is 110 Å². The lowest BCUT2D eigenvalue weighted by atomic mass is 10.2. The molecule has 2 unspecified atom stereocenters. The Morgan fingerprint density at radius 1 is 1.39 bits per heavy atom. The Hall–Kier alpha value is -1.06. The number of hydrogen-bond donors (Lipinski definition) is 1. The summed E-state index contributed by atoms with van der Waals surface area (Å²) in [6.45, 7) is 7.35. The first-order chi connectivity index (χ1) is 8.63. The number of aryl methyl sites for hydroxylation is 1. The molecule has 1 saturated heterocycles. The van der Waals surface area contributed by atoms with Gasteiger partial charge in [-0.25, -0.2) is 0 Å². The number of nitrogens with zero attached hydrogens (tertiary/aromatic N) is 1. The molecule has 0 aliphatic carbocycles. The van der Waals surface area contributed by atoms with Gasteiger partial charge in [-0.2, -0.15) is 0 Å². The minimum absolute atomic E-state index is 0.391. The number of hydrogen-bond acceptors (Lipinski definition) is 3. The van der Waals surface area contributed by atoms with E-state index in [9.17, 15) is 0 Å². The van der Waals surface area contributed by atoms with Crippen molar-refractivity contribution >= 4 is 0 Å². The minimum Gasteiger partial charge on any atom is -0.492 e. The standard InChI is InChI=1S/C15H24N2O/c1-12-4-6-15(7-5-12)18-11-13(2)16-14-8-9-17(3)10-14/h4-7,13-14,16H,8-11H2,1-3H3. The van der Waals surface area contributed by atoms with E-state index in [1.54, 1.807) is 0 Å². The van der Waals surface area contributed by atoms with Crippen molar-refractivity contribution in [1.29, 1.82) is 0 Å². The maximum absolute atomic E-state index is 5.78. The van der Waals surface area contributed by atoms with Gasteiger partial charge in [-0.1, -0.05) is 17.7 Å². The van der Waals surface area contributed by atoms with Gasteiger partial charge in [0.1, 0.15) is 12.4 Å². The highest BCUT2D eigenvalue weighted by molar-refractivity contribution is 5.26. The van der Waals surface area contributed by atoms with Crippen LogP contribution in [0.3, 0.4) is 0 Å². The predicted molar refractivity (Wildman–Crippen MR) is 75.2 cm³/mol. The summed E-state index contributed by atoms with van der Waals surface area (Å²) in [6.07, 6.45) is 1.24. The van der Waals surface area contributed by atoms with Gasteiger partial charge in [-0.05, 0) is 46.0 Å². The Kier molecular flexibility index (Phi) is 4.61. The number of rotatable bonds is 5. The average Bonchev–Trinajstić information content (AvgIpc) is 2.74. The van der Waals surface area contributed by atoms with E-state index in [0.717, 1.165) is 18.9 Å². The van der Waals surface area contributed by atoms with Crippen LogP contribution >= 0.6 is 0 Å². The van der Waals surface area contributed by atoms with Gasteiger partial charge in [0.2, 0.25) is 0 Å². The Morgan fingerprint density at radius 3 is 2.72 bits per heavy atom. The van der Waals surface area contributed by atoms with Crippen molar-refractivity contribution in [2.75, 3.05) is 26.7 Å². The molecule has 1 aliphatic rings. The van der Waals surface area contributed by atoms with Crippen molar-refractivity contribution in [2.45, 2.75) is 32.4 Å². The average molecular weight is 248 g/mol. The van der Waals surface area contributed by atoms with Crippen molar-refractivity contribution in [2.24, 2.45) is 0 Å². The van der Waals surface area contributed by atoms with E-state index in [4.69, 9.17) is 4.74 Å². The molecule has 0 bridgehead atoms. The second kappa shape index (κ2) is 6.21. The first-order valence-electron chi connectivity index (χ1n) is 6.77. The van der Waals surface area contributed by atoms with Gasteiger partial charge in [0, 0.05) is 18.6 Å². The van der Waals surface area contributed by atoms with Gasteiger partial charge in [-0.3, -0.25) is 0 Å². The van der Waals surface area contributed by atoms with Crippen molar-refractivity contribution in [1.82, 2.24) is 10.2 Å². The lowest BCUT2D eigenvalue weighted by molar-refractivity contribution is 0.260. The van der Waals surface area contributed by atoms with Crippen LogP contribution in [0.1, 0.15) is 18.9 Å². The molecule has 0 aromatic heterocycles. The van der Waals surface area contributed by atoms with E-state index < -0.39 is 0 Å². The minimum atomic E-state index is 0.391. The number of likely N-dealkylation sites (N-methyl/N-ethyl adjacent to an activating group) is 1. The molecule has 1 heterocycles. The van der Waals surface area contributed by atoms with Gasteiger partial charge in [0.05, 0.1) is 0 Å². The zero-order chi connectivity index (χ0) is 13.0. The summed E-state index contributed by atoms with van der Waals surface area (Å²) in [5.74, 6) is 0.956. The number of likely N-dealkylation sites (tertiary alicyclic amines) is 1. The molecular formula is C15H24N2O. The third-order valence-corrected chi connectivity index (χ3v) is 3.43. The molecule has 100 valence electrons. The summed E-state index contributed by atoms with van der Waals surface area (Å²) in [5.41, 5.74) is 1.27. The van der Waals surface area contributed by atoms with Crippen LogP contribution < -0.4 is 10.1 Å². The Bertz CT molecular complexity index is 363. The number of nitrogens with one attached hydrogen (secondary N) is 1. The summed E-state index contributed by atoms with van der Waals surface area (Å²) in [6, 6.07) is 9.24. The van der Waals surface area contributed by atoms with E-state index in [2.05, 4.69) is 43.2 Å². The normalized spacial score (nSPS) is 22.1. The summed E-state index contributed by atoms with van der Waals surface area (Å²) in [5, 5.41) is 3.62. The molecule has 1 aromatic carbocycles. The largest absolute Gasteiger partial charge is 0.492 e. The molecule has 18 heavy (non-hydrogen) atoms. The third kappa shape index (κ3) is 4.00. The topological polar surface area (TPSA) is 24.5 Å². The van der Waals surface area contributed by atoms with Crippen molar-refractivity contribution in [3.8, 4) is 5.75 Å². The maximum atomic E-state index is 5.78. The second-order valence-corrected chi connectivity index (χ2v) is 5.44. The van der Waals surface area contributed by atoms with Gasteiger partial charge in [-0.15, -0.1) is 0 Å². The lowest BCUT2D eigenvalue weighted by Crippen LogP contribution is -2.41. The molecule has 1 fully saturated rings. The third-order valence-electron chi connectivity index (χ3n) is 3.43. The highest BCUT2D eigenvalue weighted by Gasteiger charge is 2.20. The second-order valence-electron chi connectivity index (χ2n) is 5.44. The van der Waals surface area contributed by atoms with Gasteiger partial charge in [0.25, 0.3) is 0 Å². The molecule has 3 heteroatoms. The first kappa shape index (κ1) is 13.4. The van der Waals surface area contributed by atoms with Crippen LogP contribution in [0.2, 0.25) is 0 Å². The van der Waals surface area contributed by atoms with Crippen LogP contribution in [0.4, 0.5) is 0 Å². The van der Waals surface area contributed by atoms with Crippen LogP contribution in [0.15, 0.2) is 24.3 Å². The Balaban J connectivity index is 1.71. The van der Waals surface area contributed by atoms with E-state index in [1.807, 2.05) is 12.1 Å². The van der Waals surface area contributed by atoms with Crippen LogP contribution in [0.25, 0.3) is 0 Å². The van der Waals surface area contributed by atoms with Crippen LogP contribution in [-0.4, -0.2) is 43.7 Å². The molecule has 3 nitrogen and oxygen atoms in total. The Morgan fingerprint density at radius 2 is 2.11 bits per heavy atom. The molecule has 2 rings (SSSR count). The van der Waals surface area contributed by atoms with Crippen LogP contribution in [-0.2, 0) is 0 Å². The highest BCUT2D eigenvalue weighted by atomic mass is 16.5. The molecule has 1 aliphatic heterocycles. The van der Waals surface area contributed by atoms with Crippen LogP contribution in [0.5, 0.6) is 5.75 Å². The highest BCUT2D eigenvalue weighted by Crippen LogP contribution is 2.12. The molecule has 0 amide bonds. The first-order valence-corrected chi connectivity index (χ1v) is 6.77. The fourth-order valence-electron chi connectivity index (χ4n) is 2.38. The number of benzene rings is 1. The van der Waals surface area contributed by atoms with Crippen molar-refractivity contribution in [3.05, 3.63) is 29.8 Å². The predicted octanol–water partition coefficient (Wildman–Crippen LogP) is 2.06. The SMILES string of the molecule is Cc1ccc(OCC(C)NC2CCN(C)C2)cc1. The lowest BCUT2D eigenvalue weighted by Gasteiger charge is -2.19. The van der Waals surface area contributed by atoms with E-state index in [0.29, 0.717) is 12.1 Å². The fraction of sp³-hybridized carbons (Fsp3) is 0.600. The molecule has 1 aromatic rings. The van der Waals surface area contributed by atoms with E-state index in [-0.39, 0.29) is 0 Å².